The Morgan fingerprint density at radius 3 is 2.15 bits per heavy atom. The minimum atomic E-state index is 0. The van der Waals surface area contributed by atoms with E-state index in [9.17, 15) is 0 Å². The minimum absolute atomic E-state index is 0. The summed E-state index contributed by atoms with van der Waals surface area (Å²) in [7, 11) is 0. The molecule has 0 heteroatoms. The largest absolute Gasteiger partial charge is 0.0956 e. The van der Waals surface area contributed by atoms with Gasteiger partial charge in [-0.15, -0.1) is 0 Å². The van der Waals surface area contributed by atoms with Gasteiger partial charge < -0.3 is 0 Å². The Morgan fingerprint density at radius 1 is 1.23 bits per heavy atom. The SMILES string of the molecule is C.C=C1CCCC(CC)=C1C.CC. The Balaban J connectivity index is 0. The lowest BCUT2D eigenvalue weighted by Gasteiger charge is -2.18. The Labute approximate surface area is 84.7 Å². The molecule has 0 bridgehead atoms. The van der Waals surface area contributed by atoms with E-state index in [1.165, 1.54) is 36.8 Å². The minimum Gasteiger partial charge on any atom is -0.0956 e. The number of rotatable bonds is 1. The molecule has 0 aromatic heterocycles. The zero-order chi connectivity index (χ0) is 9.56. The first-order chi connectivity index (χ1) is 5.75. The van der Waals surface area contributed by atoms with Gasteiger partial charge in [-0.1, -0.05) is 45.9 Å². The van der Waals surface area contributed by atoms with E-state index in [4.69, 9.17) is 0 Å². The van der Waals surface area contributed by atoms with Gasteiger partial charge in [-0.05, 0) is 38.2 Å². The average Bonchev–Trinajstić information content (AvgIpc) is 2.13. The van der Waals surface area contributed by atoms with E-state index in [2.05, 4.69) is 20.4 Å². The number of hydrogen-bond donors (Lipinski definition) is 0. The molecule has 1 aliphatic carbocycles. The highest BCUT2D eigenvalue weighted by Crippen LogP contribution is 2.29. The molecule has 13 heavy (non-hydrogen) atoms. The lowest BCUT2D eigenvalue weighted by molar-refractivity contribution is 0.739. The highest BCUT2D eigenvalue weighted by Gasteiger charge is 2.09. The molecule has 0 aromatic carbocycles. The zero-order valence-corrected chi connectivity index (χ0v) is 9.04. The van der Waals surface area contributed by atoms with Crippen LogP contribution in [0.4, 0.5) is 0 Å². The van der Waals surface area contributed by atoms with Crippen LogP contribution in [0.1, 0.15) is 60.8 Å². The Kier molecular flexibility index (Phi) is 9.33. The standard InChI is InChI=1S/C10H16.C2H6.CH4/c1-4-10-7-5-6-8(2)9(10)3;1-2;/h2,4-7H2,1,3H3;1-2H3;1H4. The highest BCUT2D eigenvalue weighted by molar-refractivity contribution is 5.33. The second-order valence-electron chi connectivity index (χ2n) is 3.04. The van der Waals surface area contributed by atoms with Gasteiger partial charge in [-0.25, -0.2) is 0 Å². The van der Waals surface area contributed by atoms with Crippen molar-refractivity contribution >= 4 is 0 Å². The number of allylic oxidation sites excluding steroid dienone is 3. The van der Waals surface area contributed by atoms with Crippen molar-refractivity contribution in [2.45, 2.75) is 60.8 Å². The molecular formula is C13H26. The van der Waals surface area contributed by atoms with E-state index < -0.39 is 0 Å². The van der Waals surface area contributed by atoms with Crippen LogP contribution >= 0.6 is 0 Å². The van der Waals surface area contributed by atoms with Crippen LogP contribution in [0.15, 0.2) is 23.3 Å². The van der Waals surface area contributed by atoms with Crippen molar-refractivity contribution < 1.29 is 0 Å². The summed E-state index contributed by atoms with van der Waals surface area (Å²) in [5.41, 5.74) is 4.47. The predicted molar refractivity (Wildman–Crippen MR) is 64.1 cm³/mol. The van der Waals surface area contributed by atoms with Gasteiger partial charge in [-0.2, -0.15) is 0 Å². The van der Waals surface area contributed by atoms with Crippen LogP contribution in [0, 0.1) is 0 Å². The summed E-state index contributed by atoms with van der Waals surface area (Å²) in [4.78, 5) is 0. The molecule has 0 nitrogen and oxygen atoms in total. The first kappa shape index (κ1) is 15.0. The molecule has 78 valence electrons. The molecular weight excluding hydrogens is 156 g/mol. The van der Waals surface area contributed by atoms with E-state index in [0.717, 1.165) is 0 Å². The third-order valence-corrected chi connectivity index (χ3v) is 2.44. The Morgan fingerprint density at radius 2 is 1.77 bits per heavy atom. The highest BCUT2D eigenvalue weighted by atomic mass is 14.1. The maximum Gasteiger partial charge on any atom is -0.0279 e. The molecule has 0 saturated carbocycles. The molecule has 0 unspecified atom stereocenters. The molecule has 1 rings (SSSR count). The lowest BCUT2D eigenvalue weighted by atomic mass is 9.88. The van der Waals surface area contributed by atoms with Crippen molar-refractivity contribution in [3.8, 4) is 0 Å². The summed E-state index contributed by atoms with van der Waals surface area (Å²) in [5, 5.41) is 0. The fraction of sp³-hybridized carbons (Fsp3) is 0.692. The zero-order valence-electron chi connectivity index (χ0n) is 9.04. The lowest BCUT2D eigenvalue weighted by Crippen LogP contribution is -1.98. The van der Waals surface area contributed by atoms with E-state index in [0.29, 0.717) is 0 Å². The van der Waals surface area contributed by atoms with Crippen molar-refractivity contribution in [2.24, 2.45) is 0 Å². The fourth-order valence-corrected chi connectivity index (χ4v) is 1.58. The smallest absolute Gasteiger partial charge is 0.0279 e. The molecule has 0 saturated heterocycles. The molecule has 0 heterocycles. The van der Waals surface area contributed by atoms with Gasteiger partial charge in [-0.3, -0.25) is 0 Å². The molecule has 1 aliphatic rings. The topological polar surface area (TPSA) is 0 Å². The normalized spacial score (nSPS) is 15.8. The molecule has 0 aromatic rings. The molecule has 0 fully saturated rings. The van der Waals surface area contributed by atoms with Crippen molar-refractivity contribution in [2.75, 3.05) is 0 Å². The quantitative estimate of drug-likeness (QED) is 0.528. The van der Waals surface area contributed by atoms with Gasteiger partial charge >= 0.3 is 0 Å². The van der Waals surface area contributed by atoms with Crippen LogP contribution in [0.25, 0.3) is 0 Å². The monoisotopic (exact) mass is 182 g/mol. The summed E-state index contributed by atoms with van der Waals surface area (Å²) in [5.74, 6) is 0. The molecule has 0 spiro atoms. The predicted octanol–water partition coefficient (Wildman–Crippen LogP) is 5.12. The van der Waals surface area contributed by atoms with Crippen LogP contribution < -0.4 is 0 Å². The third kappa shape index (κ3) is 4.31. The van der Waals surface area contributed by atoms with Crippen LogP contribution in [0.5, 0.6) is 0 Å². The maximum atomic E-state index is 4.04. The molecule has 0 N–H and O–H groups in total. The van der Waals surface area contributed by atoms with Crippen LogP contribution in [0.2, 0.25) is 0 Å². The maximum absolute atomic E-state index is 4.04. The van der Waals surface area contributed by atoms with Crippen molar-refractivity contribution in [1.82, 2.24) is 0 Å². The van der Waals surface area contributed by atoms with Crippen LogP contribution in [-0.2, 0) is 0 Å². The third-order valence-electron chi connectivity index (χ3n) is 2.44. The van der Waals surface area contributed by atoms with E-state index >= 15 is 0 Å². The first-order valence-electron chi connectivity index (χ1n) is 5.12. The number of hydrogen-bond acceptors (Lipinski definition) is 0. The van der Waals surface area contributed by atoms with Crippen molar-refractivity contribution in [3.63, 3.8) is 0 Å². The van der Waals surface area contributed by atoms with Crippen LogP contribution in [-0.4, -0.2) is 0 Å². The first-order valence-corrected chi connectivity index (χ1v) is 5.12. The van der Waals surface area contributed by atoms with Crippen molar-refractivity contribution in [3.05, 3.63) is 23.3 Å². The molecule has 0 radical (unpaired) electrons. The summed E-state index contributed by atoms with van der Waals surface area (Å²) >= 11 is 0. The van der Waals surface area contributed by atoms with Gasteiger partial charge in [0.25, 0.3) is 0 Å². The van der Waals surface area contributed by atoms with Gasteiger partial charge in [0.1, 0.15) is 0 Å². The fourth-order valence-electron chi connectivity index (χ4n) is 1.58. The molecule has 0 atom stereocenters. The van der Waals surface area contributed by atoms with Crippen LogP contribution in [0.3, 0.4) is 0 Å². The van der Waals surface area contributed by atoms with Crippen molar-refractivity contribution in [1.29, 1.82) is 0 Å². The van der Waals surface area contributed by atoms with Gasteiger partial charge in [0.05, 0.1) is 0 Å². The summed E-state index contributed by atoms with van der Waals surface area (Å²) in [6.07, 6.45) is 5.06. The Bertz CT molecular complexity index is 172. The molecule has 0 aliphatic heterocycles. The van der Waals surface area contributed by atoms with Gasteiger partial charge in [0.15, 0.2) is 0 Å². The van der Waals surface area contributed by atoms with Gasteiger partial charge in [0, 0.05) is 0 Å². The average molecular weight is 182 g/mol. The van der Waals surface area contributed by atoms with E-state index in [-0.39, 0.29) is 7.43 Å². The second kappa shape index (κ2) is 8.10. The summed E-state index contributed by atoms with van der Waals surface area (Å²) in [6, 6.07) is 0. The summed E-state index contributed by atoms with van der Waals surface area (Å²) < 4.78 is 0. The van der Waals surface area contributed by atoms with E-state index in [1.807, 2.05) is 13.8 Å². The Hall–Kier alpha value is -0.520. The van der Waals surface area contributed by atoms with Gasteiger partial charge in [0.2, 0.25) is 0 Å². The second-order valence-corrected chi connectivity index (χ2v) is 3.04. The molecule has 0 amide bonds. The summed E-state index contributed by atoms with van der Waals surface area (Å²) in [6.45, 7) is 12.5. The van der Waals surface area contributed by atoms with E-state index in [1.54, 1.807) is 5.57 Å².